The molecule has 5 rings (SSSR count). The largest absolute Gasteiger partial charge is 0.488 e. The van der Waals surface area contributed by atoms with Crippen molar-refractivity contribution < 1.29 is 19.1 Å². The van der Waals surface area contributed by atoms with Gasteiger partial charge >= 0.3 is 0 Å². The maximum atomic E-state index is 11.2. The van der Waals surface area contributed by atoms with Crippen LogP contribution in [0.1, 0.15) is 63.5 Å². The number of carbonyl (C=O) groups is 2. The van der Waals surface area contributed by atoms with E-state index in [0.717, 1.165) is 43.2 Å². The van der Waals surface area contributed by atoms with Crippen molar-refractivity contribution in [3.05, 3.63) is 77.1 Å². The van der Waals surface area contributed by atoms with E-state index in [2.05, 4.69) is 41.3 Å². The van der Waals surface area contributed by atoms with Crippen LogP contribution < -0.4 is 19.7 Å². The van der Waals surface area contributed by atoms with Crippen LogP contribution in [-0.2, 0) is 9.59 Å². The topological polar surface area (TPSA) is 93.7 Å². The predicted molar refractivity (Wildman–Crippen MR) is 161 cm³/mol. The number of ether oxygens (including phenoxy) is 2. The summed E-state index contributed by atoms with van der Waals surface area (Å²) >= 11 is 5.79. The number of aromatic nitrogens is 2. The van der Waals surface area contributed by atoms with Gasteiger partial charge in [-0.05, 0) is 61.1 Å². The Morgan fingerprint density at radius 3 is 1.66 bits per heavy atom. The molecular weight excluding hydrogens is 540 g/mol. The van der Waals surface area contributed by atoms with Gasteiger partial charge in [0, 0.05) is 25.9 Å². The molecule has 0 saturated carbocycles. The molecule has 1 aromatic heterocycles. The van der Waals surface area contributed by atoms with E-state index < -0.39 is 0 Å². The summed E-state index contributed by atoms with van der Waals surface area (Å²) in [5, 5.41) is 3.70. The molecule has 2 aliphatic heterocycles. The number of nitrogens with one attached hydrogen (secondary N) is 1. The van der Waals surface area contributed by atoms with Crippen LogP contribution in [-0.4, -0.2) is 59.9 Å². The molecule has 2 atom stereocenters. The van der Waals surface area contributed by atoms with Gasteiger partial charge in [0.05, 0.1) is 30.5 Å². The molecule has 2 saturated heterocycles. The first-order valence-electron chi connectivity index (χ1n) is 14.1. The monoisotopic (exact) mass is 578 g/mol. The highest BCUT2D eigenvalue weighted by atomic mass is 35.5. The molecule has 0 unspecified atom stereocenters. The van der Waals surface area contributed by atoms with E-state index >= 15 is 0 Å². The molecule has 2 aromatic carbocycles. The maximum Gasteiger partial charge on any atom is 0.225 e. The third kappa shape index (κ3) is 9.26. The summed E-state index contributed by atoms with van der Waals surface area (Å²) in [5.41, 5.74) is 2.35. The Hall–Kier alpha value is -3.49. The Balaban J connectivity index is 0.000000201. The molecule has 3 heterocycles. The lowest BCUT2D eigenvalue weighted by molar-refractivity contribution is -0.118. The number of halogens is 1. The molecule has 2 aliphatic rings. The number of ketones is 2. The molecule has 3 aromatic rings. The third-order valence-electron chi connectivity index (χ3n) is 7.17. The van der Waals surface area contributed by atoms with E-state index in [9.17, 15) is 9.59 Å². The number of nitrogens with zero attached hydrogens (tertiary/aromatic N) is 3. The lowest BCUT2D eigenvalue weighted by Gasteiger charge is -2.38. The first kappa shape index (κ1) is 30.5. The molecule has 9 heteroatoms. The van der Waals surface area contributed by atoms with Crippen LogP contribution in [0.25, 0.3) is 0 Å². The minimum atomic E-state index is 0.129. The van der Waals surface area contributed by atoms with E-state index in [1.807, 2.05) is 41.3 Å². The van der Waals surface area contributed by atoms with Crippen molar-refractivity contribution in [2.24, 2.45) is 0 Å². The molecule has 0 radical (unpaired) electrons. The minimum Gasteiger partial charge on any atom is -0.488 e. The minimum absolute atomic E-state index is 0.129. The van der Waals surface area contributed by atoms with E-state index in [1.54, 1.807) is 26.2 Å². The molecule has 218 valence electrons. The number of hydrogen-bond acceptors (Lipinski definition) is 8. The molecular formula is C32H39ClN4O4. The first-order chi connectivity index (χ1) is 19.7. The average Bonchev–Trinajstić information content (AvgIpc) is 2.89. The Morgan fingerprint density at radius 1 is 0.829 bits per heavy atom. The summed E-state index contributed by atoms with van der Waals surface area (Å²) in [6, 6.07) is 16.1. The van der Waals surface area contributed by atoms with Gasteiger partial charge in [0.1, 0.15) is 35.3 Å². The van der Waals surface area contributed by atoms with Gasteiger partial charge in [-0.1, -0.05) is 49.7 Å². The number of hydrogen-bond donors (Lipinski definition) is 1. The fourth-order valence-corrected chi connectivity index (χ4v) is 4.82. The highest BCUT2D eigenvalue weighted by molar-refractivity contribution is 6.30. The summed E-state index contributed by atoms with van der Waals surface area (Å²) in [6.45, 7) is 10.8. The fraction of sp³-hybridized carbons (Fsp3) is 0.438. The molecule has 0 amide bonds. The summed E-state index contributed by atoms with van der Waals surface area (Å²) in [7, 11) is 0. The standard InChI is InChI=1S/C18H20ClN3O2.C14H19NO2/c1-12(7-13(2)23)14-3-5-16(6-4-14)24-17-10-22(11-17)18-20-8-15(19)9-21-18;1-10(7-11(2)16)12-3-5-13(6-4-12)17-14-8-15-9-14/h3-6,8-9,12,17H,7,10-11H2,1-2H3;3-6,10,14-15H,7-9H2,1-2H3/t12-;10-/m11/s1. The van der Waals surface area contributed by atoms with Crippen LogP contribution in [0, 0.1) is 0 Å². The van der Waals surface area contributed by atoms with Gasteiger partial charge in [0.15, 0.2) is 0 Å². The van der Waals surface area contributed by atoms with Crippen molar-refractivity contribution in [2.45, 2.75) is 64.6 Å². The van der Waals surface area contributed by atoms with Gasteiger partial charge in [-0.15, -0.1) is 0 Å². The summed E-state index contributed by atoms with van der Waals surface area (Å²) in [5.74, 6) is 3.39. The zero-order valence-electron chi connectivity index (χ0n) is 24.2. The van der Waals surface area contributed by atoms with Crippen LogP contribution >= 0.6 is 11.6 Å². The van der Waals surface area contributed by atoms with Crippen LogP contribution in [0.15, 0.2) is 60.9 Å². The van der Waals surface area contributed by atoms with E-state index in [1.165, 1.54) is 5.56 Å². The van der Waals surface area contributed by atoms with E-state index in [0.29, 0.717) is 29.9 Å². The fourth-order valence-electron chi connectivity index (χ4n) is 4.72. The second-order valence-corrected chi connectivity index (χ2v) is 11.4. The van der Waals surface area contributed by atoms with Crippen molar-refractivity contribution in [1.82, 2.24) is 15.3 Å². The lowest BCUT2D eigenvalue weighted by Crippen LogP contribution is -2.54. The van der Waals surface area contributed by atoms with Crippen molar-refractivity contribution in [3.8, 4) is 11.5 Å². The van der Waals surface area contributed by atoms with Crippen molar-refractivity contribution in [2.75, 3.05) is 31.1 Å². The Labute approximate surface area is 247 Å². The summed E-state index contributed by atoms with van der Waals surface area (Å²) in [4.78, 5) is 32.7. The third-order valence-corrected chi connectivity index (χ3v) is 7.37. The molecule has 2 fully saturated rings. The zero-order valence-corrected chi connectivity index (χ0v) is 24.9. The summed E-state index contributed by atoms with van der Waals surface area (Å²) in [6.07, 6.45) is 4.81. The Morgan fingerprint density at radius 2 is 1.27 bits per heavy atom. The van der Waals surface area contributed by atoms with E-state index in [-0.39, 0.29) is 29.5 Å². The lowest BCUT2D eigenvalue weighted by atomic mass is 9.96. The SMILES string of the molecule is CC(=O)C[C@@H](C)c1ccc(OC2CN(c3ncc(Cl)cn3)C2)cc1.CC(=O)C[C@@H](C)c1ccc(OC2CNC2)cc1. The number of rotatable bonds is 11. The second kappa shape index (κ2) is 14.4. The molecule has 0 bridgehead atoms. The summed E-state index contributed by atoms with van der Waals surface area (Å²) < 4.78 is 11.7. The first-order valence-corrected chi connectivity index (χ1v) is 14.5. The quantitative estimate of drug-likeness (QED) is 0.314. The predicted octanol–water partition coefficient (Wildman–Crippen LogP) is 5.60. The van der Waals surface area contributed by atoms with E-state index in [4.69, 9.17) is 21.1 Å². The van der Waals surface area contributed by atoms with Gasteiger partial charge in [-0.25, -0.2) is 9.97 Å². The van der Waals surface area contributed by atoms with Crippen molar-refractivity contribution in [3.63, 3.8) is 0 Å². The van der Waals surface area contributed by atoms with Crippen LogP contribution in [0.4, 0.5) is 5.95 Å². The highest BCUT2D eigenvalue weighted by Crippen LogP contribution is 2.26. The van der Waals surface area contributed by atoms with Gasteiger partial charge < -0.3 is 29.3 Å². The van der Waals surface area contributed by atoms with Crippen molar-refractivity contribution >= 4 is 29.1 Å². The van der Waals surface area contributed by atoms with Crippen LogP contribution in [0.5, 0.6) is 11.5 Å². The number of benzene rings is 2. The van der Waals surface area contributed by atoms with Gasteiger partial charge in [0.2, 0.25) is 5.95 Å². The zero-order chi connectivity index (χ0) is 29.4. The van der Waals surface area contributed by atoms with Crippen LogP contribution in [0.2, 0.25) is 5.02 Å². The molecule has 8 nitrogen and oxygen atoms in total. The molecule has 0 aliphatic carbocycles. The van der Waals surface area contributed by atoms with Gasteiger partial charge in [0.25, 0.3) is 0 Å². The normalized spacial score (nSPS) is 16.4. The molecule has 1 N–H and O–H groups in total. The van der Waals surface area contributed by atoms with Gasteiger partial charge in [-0.3, -0.25) is 0 Å². The Bertz CT molecular complexity index is 1270. The number of carbonyl (C=O) groups excluding carboxylic acids is 2. The average molecular weight is 579 g/mol. The number of anilines is 1. The second-order valence-electron chi connectivity index (χ2n) is 11.0. The van der Waals surface area contributed by atoms with Gasteiger partial charge in [-0.2, -0.15) is 0 Å². The van der Waals surface area contributed by atoms with Crippen LogP contribution in [0.3, 0.4) is 0 Å². The maximum absolute atomic E-state index is 11.2. The molecule has 0 spiro atoms. The van der Waals surface area contributed by atoms with Crippen molar-refractivity contribution in [1.29, 1.82) is 0 Å². The highest BCUT2D eigenvalue weighted by Gasteiger charge is 2.30. The number of Topliss-reactive ketones (excluding diaryl/α,β-unsaturated/α-hetero) is 2. The Kier molecular flexibility index (Phi) is 10.7. The smallest absolute Gasteiger partial charge is 0.225 e. The molecule has 41 heavy (non-hydrogen) atoms.